The number of hydrogen-bond donors (Lipinski definition) is 0. The Balaban J connectivity index is 1.72. The topological polar surface area (TPSA) is 62.7 Å². The zero-order chi connectivity index (χ0) is 21.8. The highest BCUT2D eigenvalue weighted by molar-refractivity contribution is 6.35. The average molecular weight is 413 g/mol. The van der Waals surface area contributed by atoms with Crippen molar-refractivity contribution in [3.05, 3.63) is 102 Å². The van der Waals surface area contributed by atoms with E-state index in [4.69, 9.17) is 4.74 Å². The van der Waals surface area contributed by atoms with Gasteiger partial charge in [-0.05, 0) is 35.4 Å². The number of ether oxygens (including phenoxy) is 1. The second-order valence-corrected chi connectivity index (χ2v) is 7.31. The van der Waals surface area contributed by atoms with Crippen molar-refractivity contribution < 1.29 is 14.3 Å². The molecule has 2 aromatic carbocycles. The lowest BCUT2D eigenvalue weighted by Gasteiger charge is -2.21. The molecule has 0 radical (unpaired) electrons. The monoisotopic (exact) mass is 413 g/mol. The van der Waals surface area contributed by atoms with Gasteiger partial charge in [-0.25, -0.2) is 0 Å². The van der Waals surface area contributed by atoms with E-state index < -0.39 is 0 Å². The number of aromatic nitrogens is 1. The van der Waals surface area contributed by atoms with Gasteiger partial charge in [0.25, 0.3) is 11.8 Å². The normalized spacial score (nSPS) is 13.7. The highest BCUT2D eigenvalue weighted by Crippen LogP contribution is 2.33. The molecule has 4 rings (SSSR count). The summed E-state index contributed by atoms with van der Waals surface area (Å²) in [5.41, 5.74) is 3.16. The lowest BCUT2D eigenvalue weighted by Crippen LogP contribution is -2.33. The number of hydrogen-bond acceptors (Lipinski definition) is 5. The maximum absolute atomic E-state index is 13.4. The van der Waals surface area contributed by atoms with Crippen LogP contribution in [0.5, 0.6) is 5.75 Å². The van der Waals surface area contributed by atoms with Gasteiger partial charge in [-0.15, -0.1) is 0 Å². The molecule has 0 saturated carbocycles. The van der Waals surface area contributed by atoms with Crippen molar-refractivity contribution in [3.63, 3.8) is 0 Å². The summed E-state index contributed by atoms with van der Waals surface area (Å²) in [4.78, 5) is 34.2. The van der Waals surface area contributed by atoms with Crippen LogP contribution in [0.4, 0.5) is 0 Å². The maximum atomic E-state index is 13.4. The Morgan fingerprint density at radius 3 is 2.26 bits per heavy atom. The van der Waals surface area contributed by atoms with Crippen LogP contribution in [0.25, 0.3) is 5.57 Å². The first-order valence-corrected chi connectivity index (χ1v) is 9.98. The summed E-state index contributed by atoms with van der Waals surface area (Å²) in [6, 6.07) is 22.5. The van der Waals surface area contributed by atoms with Crippen LogP contribution in [0.2, 0.25) is 0 Å². The third kappa shape index (κ3) is 4.19. The molecule has 156 valence electrons. The molecule has 0 saturated heterocycles. The Hall–Kier alpha value is -3.93. The molecular weight excluding hydrogens is 390 g/mol. The van der Waals surface area contributed by atoms with Crippen molar-refractivity contribution in [3.8, 4) is 5.75 Å². The Morgan fingerprint density at radius 1 is 0.903 bits per heavy atom. The molecule has 3 aromatic rings. The van der Waals surface area contributed by atoms with E-state index >= 15 is 0 Å². The van der Waals surface area contributed by atoms with Crippen molar-refractivity contribution in [2.45, 2.75) is 13.1 Å². The minimum Gasteiger partial charge on any atom is -0.497 e. The summed E-state index contributed by atoms with van der Waals surface area (Å²) in [7, 11) is 3.42. The molecule has 0 N–H and O–H groups in total. The zero-order valence-corrected chi connectivity index (χ0v) is 17.5. The van der Waals surface area contributed by atoms with Gasteiger partial charge in [0.05, 0.1) is 24.9 Å². The fourth-order valence-corrected chi connectivity index (χ4v) is 3.67. The van der Waals surface area contributed by atoms with E-state index in [2.05, 4.69) is 4.98 Å². The lowest BCUT2D eigenvalue weighted by atomic mass is 10.0. The Bertz CT molecular complexity index is 1110. The lowest BCUT2D eigenvalue weighted by molar-refractivity contribution is -0.138. The molecule has 6 heteroatoms. The zero-order valence-electron chi connectivity index (χ0n) is 17.5. The van der Waals surface area contributed by atoms with E-state index in [0.29, 0.717) is 34.8 Å². The minimum absolute atomic E-state index is 0.126. The van der Waals surface area contributed by atoms with Crippen LogP contribution >= 0.6 is 0 Å². The highest BCUT2D eigenvalue weighted by atomic mass is 16.5. The number of pyridine rings is 1. The van der Waals surface area contributed by atoms with Gasteiger partial charge in [0, 0.05) is 19.8 Å². The van der Waals surface area contributed by atoms with Crippen molar-refractivity contribution in [1.29, 1.82) is 0 Å². The van der Waals surface area contributed by atoms with Gasteiger partial charge in [0.1, 0.15) is 11.4 Å². The third-order valence-corrected chi connectivity index (χ3v) is 5.21. The fraction of sp³-hybridized carbons (Fsp3) is 0.160. The summed E-state index contributed by atoms with van der Waals surface area (Å²) in [5.74, 6) is 0.0429. The molecule has 1 aromatic heterocycles. The first-order valence-electron chi connectivity index (χ1n) is 9.98. The average Bonchev–Trinajstić information content (AvgIpc) is 3.05. The van der Waals surface area contributed by atoms with Crippen LogP contribution in [-0.4, -0.2) is 40.8 Å². The molecule has 2 heterocycles. The van der Waals surface area contributed by atoms with Crippen LogP contribution < -0.4 is 4.74 Å². The Kier molecular flexibility index (Phi) is 5.80. The predicted octanol–water partition coefficient (Wildman–Crippen LogP) is 3.50. The number of imide groups is 1. The first kappa shape index (κ1) is 20.3. The fourth-order valence-electron chi connectivity index (χ4n) is 3.67. The van der Waals surface area contributed by atoms with E-state index in [9.17, 15) is 9.59 Å². The van der Waals surface area contributed by atoms with Gasteiger partial charge in [-0.1, -0.05) is 48.5 Å². The van der Waals surface area contributed by atoms with Crippen LogP contribution in [0.3, 0.4) is 0 Å². The second-order valence-electron chi connectivity index (χ2n) is 7.31. The number of carbonyl (C=O) groups excluding carboxylic acids is 2. The summed E-state index contributed by atoms with van der Waals surface area (Å²) < 4.78 is 5.24. The SMILES string of the molecule is COc1ccc(C2=C(N(C)Cc3ccccc3)C(=O)N(Cc3ccccn3)C2=O)cc1. The smallest absolute Gasteiger partial charge is 0.278 e. The molecule has 0 fully saturated rings. The van der Waals surface area contributed by atoms with Crippen LogP contribution in [0.15, 0.2) is 84.7 Å². The summed E-state index contributed by atoms with van der Waals surface area (Å²) in [6.45, 7) is 0.632. The molecule has 0 unspecified atom stereocenters. The van der Waals surface area contributed by atoms with Crippen LogP contribution in [-0.2, 0) is 22.7 Å². The standard InChI is InChI=1S/C25H23N3O3/c1-27(16-18-8-4-3-5-9-18)23-22(19-11-13-21(31-2)14-12-19)24(29)28(25(23)30)17-20-10-6-7-15-26-20/h3-15H,16-17H2,1-2H3. The van der Waals surface area contributed by atoms with E-state index in [1.54, 1.807) is 49.7 Å². The van der Waals surface area contributed by atoms with Crippen molar-refractivity contribution in [2.75, 3.05) is 14.2 Å². The molecule has 0 spiro atoms. The minimum atomic E-state index is -0.323. The molecule has 0 atom stereocenters. The van der Waals surface area contributed by atoms with E-state index in [1.807, 2.05) is 48.3 Å². The first-order chi connectivity index (χ1) is 15.1. The summed E-state index contributed by atoms with van der Waals surface area (Å²) in [6.07, 6.45) is 1.65. The number of likely N-dealkylation sites (N-methyl/N-ethyl adjacent to an activating group) is 1. The molecule has 2 amide bonds. The highest BCUT2D eigenvalue weighted by Gasteiger charge is 2.40. The van der Waals surface area contributed by atoms with Crippen molar-refractivity contribution in [1.82, 2.24) is 14.8 Å². The number of nitrogens with zero attached hydrogens (tertiary/aromatic N) is 3. The molecular formula is C25H23N3O3. The van der Waals surface area contributed by atoms with Gasteiger partial charge in [0.15, 0.2) is 0 Å². The summed E-state index contributed by atoms with van der Waals surface area (Å²) in [5, 5.41) is 0. The molecule has 6 nitrogen and oxygen atoms in total. The molecule has 1 aliphatic rings. The number of amides is 2. The van der Waals surface area contributed by atoms with E-state index in [1.165, 1.54) is 4.90 Å². The van der Waals surface area contributed by atoms with E-state index in [-0.39, 0.29) is 18.4 Å². The third-order valence-electron chi connectivity index (χ3n) is 5.21. The van der Waals surface area contributed by atoms with E-state index in [0.717, 1.165) is 5.56 Å². The van der Waals surface area contributed by atoms with Crippen molar-refractivity contribution >= 4 is 17.4 Å². The van der Waals surface area contributed by atoms with Gasteiger partial charge < -0.3 is 9.64 Å². The summed E-state index contributed by atoms with van der Waals surface area (Å²) >= 11 is 0. The number of benzene rings is 2. The van der Waals surface area contributed by atoms with Crippen LogP contribution in [0.1, 0.15) is 16.8 Å². The Morgan fingerprint density at radius 2 is 1.61 bits per heavy atom. The van der Waals surface area contributed by atoms with Gasteiger partial charge in [-0.3, -0.25) is 19.5 Å². The Labute approximate surface area is 181 Å². The quantitative estimate of drug-likeness (QED) is 0.555. The second kappa shape index (κ2) is 8.83. The largest absolute Gasteiger partial charge is 0.497 e. The van der Waals surface area contributed by atoms with Gasteiger partial charge in [-0.2, -0.15) is 0 Å². The van der Waals surface area contributed by atoms with Crippen LogP contribution in [0, 0.1) is 0 Å². The maximum Gasteiger partial charge on any atom is 0.278 e. The molecule has 1 aliphatic heterocycles. The molecule has 31 heavy (non-hydrogen) atoms. The predicted molar refractivity (Wildman–Crippen MR) is 118 cm³/mol. The van der Waals surface area contributed by atoms with Gasteiger partial charge >= 0.3 is 0 Å². The van der Waals surface area contributed by atoms with Gasteiger partial charge in [0.2, 0.25) is 0 Å². The number of carbonyl (C=O) groups is 2. The number of methoxy groups -OCH3 is 1. The number of rotatable bonds is 7. The molecule has 0 bridgehead atoms. The van der Waals surface area contributed by atoms with Crippen molar-refractivity contribution in [2.24, 2.45) is 0 Å². The molecule has 0 aliphatic carbocycles.